The van der Waals surface area contributed by atoms with Gasteiger partial charge in [-0.15, -0.1) is 0 Å². The average Bonchev–Trinajstić information content (AvgIpc) is 2.97. The van der Waals surface area contributed by atoms with Gasteiger partial charge in [-0.25, -0.2) is 0 Å². The van der Waals surface area contributed by atoms with E-state index in [0.717, 1.165) is 13.0 Å². The molecule has 0 radical (unpaired) electrons. The first kappa shape index (κ1) is 38.7. The zero-order valence-corrected chi connectivity index (χ0v) is 26.4. The summed E-state index contributed by atoms with van der Waals surface area (Å²) in [7, 11) is 0. The minimum atomic E-state index is -1.48. The Morgan fingerprint density at radius 1 is 0.610 bits per heavy atom. The fraction of sp³-hybridized carbons (Fsp3) is 1.00. The molecule has 8 nitrogen and oxygen atoms in total. The Balaban J connectivity index is 1.78. The van der Waals surface area contributed by atoms with Gasteiger partial charge in [-0.05, 0) is 13.0 Å². The van der Waals surface area contributed by atoms with Gasteiger partial charge in [0.1, 0.15) is 24.4 Å². The molecule has 6 atom stereocenters. The van der Waals surface area contributed by atoms with E-state index in [1.54, 1.807) is 0 Å². The number of aliphatic hydroxyl groups is 5. The Hall–Kier alpha value is -0.320. The molecule has 41 heavy (non-hydrogen) atoms. The summed E-state index contributed by atoms with van der Waals surface area (Å²) < 4.78 is 10.6. The highest BCUT2D eigenvalue weighted by Crippen LogP contribution is 2.22. The molecule has 0 aromatic heterocycles. The van der Waals surface area contributed by atoms with Crippen LogP contribution in [-0.4, -0.2) is 88.6 Å². The molecule has 1 aliphatic heterocycles. The molecule has 0 amide bonds. The van der Waals surface area contributed by atoms with E-state index in [1.807, 2.05) is 0 Å². The third-order valence-corrected chi connectivity index (χ3v) is 8.39. The lowest BCUT2D eigenvalue weighted by atomic mass is 9.99. The molecule has 8 heteroatoms. The van der Waals surface area contributed by atoms with Crippen molar-refractivity contribution >= 4 is 0 Å². The van der Waals surface area contributed by atoms with Crippen molar-refractivity contribution in [2.24, 2.45) is 0 Å². The van der Waals surface area contributed by atoms with Gasteiger partial charge in [-0.2, -0.15) is 0 Å². The van der Waals surface area contributed by atoms with Gasteiger partial charge in [-0.1, -0.05) is 142 Å². The first-order chi connectivity index (χ1) is 20.0. The molecule has 0 aromatic carbocycles. The minimum absolute atomic E-state index is 0.0882. The van der Waals surface area contributed by atoms with E-state index >= 15 is 0 Å². The van der Waals surface area contributed by atoms with Gasteiger partial charge in [0.05, 0.1) is 19.3 Å². The molecule has 0 aliphatic carbocycles. The van der Waals surface area contributed by atoms with Gasteiger partial charge in [0, 0.05) is 6.54 Å². The van der Waals surface area contributed by atoms with Crippen LogP contribution < -0.4 is 5.32 Å². The van der Waals surface area contributed by atoms with Gasteiger partial charge in [0.15, 0.2) is 6.29 Å². The Morgan fingerprint density at radius 2 is 1.02 bits per heavy atom. The Labute approximate surface area is 251 Å². The second kappa shape index (κ2) is 27.2. The summed E-state index contributed by atoms with van der Waals surface area (Å²) in [6.45, 7) is 2.88. The summed E-state index contributed by atoms with van der Waals surface area (Å²) in [5.41, 5.74) is 0. The minimum Gasteiger partial charge on any atom is -0.394 e. The van der Waals surface area contributed by atoms with E-state index < -0.39 is 43.4 Å². The molecule has 0 saturated carbocycles. The van der Waals surface area contributed by atoms with E-state index in [1.165, 1.54) is 135 Å². The predicted octanol–water partition coefficient (Wildman–Crippen LogP) is 5.36. The summed E-state index contributed by atoms with van der Waals surface area (Å²) in [5.74, 6) is 0. The van der Waals surface area contributed by atoms with Crippen molar-refractivity contribution in [3.8, 4) is 0 Å². The highest BCUT2D eigenvalue weighted by atomic mass is 16.7. The molecule has 1 heterocycles. The predicted molar refractivity (Wildman–Crippen MR) is 166 cm³/mol. The number of ether oxygens (including phenoxy) is 2. The van der Waals surface area contributed by atoms with Crippen molar-refractivity contribution in [3.05, 3.63) is 0 Å². The van der Waals surface area contributed by atoms with Crippen LogP contribution in [0.3, 0.4) is 0 Å². The highest BCUT2D eigenvalue weighted by Gasteiger charge is 2.44. The number of unbranched alkanes of at least 4 members (excludes halogenated alkanes) is 21. The van der Waals surface area contributed by atoms with Gasteiger partial charge in [0.2, 0.25) is 0 Å². The zero-order valence-electron chi connectivity index (χ0n) is 26.4. The smallest absolute Gasteiger partial charge is 0.186 e. The lowest BCUT2D eigenvalue weighted by molar-refractivity contribution is -0.304. The topological polar surface area (TPSA) is 132 Å². The molecule has 246 valence electrons. The van der Waals surface area contributed by atoms with Crippen LogP contribution in [0.4, 0.5) is 0 Å². The summed E-state index contributed by atoms with van der Waals surface area (Å²) in [6.07, 6.45) is 22.9. The van der Waals surface area contributed by atoms with Crippen molar-refractivity contribution in [2.75, 3.05) is 26.3 Å². The Bertz CT molecular complexity index is 554. The molecule has 1 aliphatic rings. The maximum absolute atomic E-state index is 10.1. The standard InChI is InChI=1S/C33H67NO7/c1-2-3-4-5-6-7-8-9-10-11-12-13-14-15-16-17-18-19-20-21-22-23-24-34-25-28(36)27-40-33-32(39)31(38)30(37)29(26-35)41-33/h28-39H,2-27H2,1H3/t28?,29-,30+,31+,32-,33-/m1/s1. The summed E-state index contributed by atoms with van der Waals surface area (Å²) in [5, 5.41) is 52.1. The quantitative estimate of drug-likeness (QED) is 0.0643. The summed E-state index contributed by atoms with van der Waals surface area (Å²) in [4.78, 5) is 0. The van der Waals surface area contributed by atoms with E-state index in [0.29, 0.717) is 6.54 Å². The number of hydrogen-bond acceptors (Lipinski definition) is 8. The van der Waals surface area contributed by atoms with E-state index in [2.05, 4.69) is 12.2 Å². The van der Waals surface area contributed by atoms with Gasteiger partial charge in [0.25, 0.3) is 0 Å². The lowest BCUT2D eigenvalue weighted by Gasteiger charge is -2.39. The van der Waals surface area contributed by atoms with Crippen LogP contribution in [0.25, 0.3) is 0 Å². The zero-order chi connectivity index (χ0) is 30.0. The summed E-state index contributed by atoms with van der Waals surface area (Å²) >= 11 is 0. The van der Waals surface area contributed by atoms with Crippen LogP contribution in [0.1, 0.15) is 148 Å². The van der Waals surface area contributed by atoms with Crippen LogP contribution in [-0.2, 0) is 9.47 Å². The largest absolute Gasteiger partial charge is 0.394 e. The third kappa shape index (κ3) is 20.3. The molecular formula is C33H67NO7. The molecule has 1 saturated heterocycles. The first-order valence-electron chi connectivity index (χ1n) is 17.3. The molecule has 0 aromatic rings. The van der Waals surface area contributed by atoms with Crippen molar-refractivity contribution in [2.45, 2.75) is 185 Å². The maximum Gasteiger partial charge on any atom is 0.186 e. The SMILES string of the molecule is CCCCCCCCCCCCCCCCCCCCCCCCNCC(O)CO[C@@H]1O[C@H](CO)[C@H](O)[C@H](O)[C@H]1O. The molecule has 0 spiro atoms. The van der Waals surface area contributed by atoms with Crippen LogP contribution in [0.5, 0.6) is 0 Å². The molecule has 1 fully saturated rings. The van der Waals surface area contributed by atoms with Crippen molar-refractivity contribution < 1.29 is 35.0 Å². The van der Waals surface area contributed by atoms with Crippen LogP contribution in [0, 0.1) is 0 Å². The Kier molecular flexibility index (Phi) is 25.7. The fourth-order valence-electron chi connectivity index (χ4n) is 5.60. The van der Waals surface area contributed by atoms with Crippen molar-refractivity contribution in [1.29, 1.82) is 0 Å². The van der Waals surface area contributed by atoms with Crippen LogP contribution >= 0.6 is 0 Å². The molecule has 6 N–H and O–H groups in total. The van der Waals surface area contributed by atoms with Gasteiger partial charge >= 0.3 is 0 Å². The fourth-order valence-corrected chi connectivity index (χ4v) is 5.60. The Morgan fingerprint density at radius 3 is 1.44 bits per heavy atom. The number of aliphatic hydroxyl groups excluding tert-OH is 5. The van der Waals surface area contributed by atoms with E-state index in [-0.39, 0.29) is 6.61 Å². The van der Waals surface area contributed by atoms with E-state index in [9.17, 15) is 25.5 Å². The number of rotatable bonds is 29. The molecule has 1 unspecified atom stereocenters. The van der Waals surface area contributed by atoms with Gasteiger partial charge < -0.3 is 40.3 Å². The number of nitrogens with one attached hydrogen (secondary N) is 1. The van der Waals surface area contributed by atoms with Crippen LogP contribution in [0.2, 0.25) is 0 Å². The molecule has 0 bridgehead atoms. The monoisotopic (exact) mass is 589 g/mol. The maximum atomic E-state index is 10.1. The average molecular weight is 590 g/mol. The molecule has 1 rings (SSSR count). The lowest BCUT2D eigenvalue weighted by Crippen LogP contribution is -2.59. The molecular weight excluding hydrogens is 522 g/mol. The first-order valence-corrected chi connectivity index (χ1v) is 17.3. The third-order valence-electron chi connectivity index (χ3n) is 8.39. The van der Waals surface area contributed by atoms with Gasteiger partial charge in [-0.3, -0.25) is 0 Å². The normalized spacial score (nSPS) is 23.7. The number of hydrogen-bond donors (Lipinski definition) is 6. The van der Waals surface area contributed by atoms with Crippen molar-refractivity contribution in [3.63, 3.8) is 0 Å². The second-order valence-electron chi connectivity index (χ2n) is 12.3. The van der Waals surface area contributed by atoms with Crippen LogP contribution in [0.15, 0.2) is 0 Å². The van der Waals surface area contributed by atoms with E-state index in [4.69, 9.17) is 9.47 Å². The highest BCUT2D eigenvalue weighted by molar-refractivity contribution is 4.89. The second-order valence-corrected chi connectivity index (χ2v) is 12.3. The summed E-state index contributed by atoms with van der Waals surface area (Å²) in [6, 6.07) is 0. The van der Waals surface area contributed by atoms with Crippen molar-refractivity contribution in [1.82, 2.24) is 5.32 Å².